The molecule has 1 aromatic carbocycles. The number of rotatable bonds is 6. The van der Waals surface area contributed by atoms with Crippen LogP contribution < -0.4 is 10.1 Å². The molecular weight excluding hydrogens is 275 g/mol. The molecule has 0 aliphatic heterocycles. The molecule has 1 aromatic rings. The van der Waals surface area contributed by atoms with Crippen LogP contribution >= 0.6 is 0 Å². The third-order valence-electron chi connectivity index (χ3n) is 3.60. The molecule has 2 rings (SSSR count). The van der Waals surface area contributed by atoms with E-state index >= 15 is 0 Å². The lowest BCUT2D eigenvalue weighted by atomic mass is 10.1. The molecule has 0 spiro atoms. The number of nitrogens with one attached hydrogen (secondary N) is 1. The summed E-state index contributed by atoms with van der Waals surface area (Å²) in [5.41, 5.74) is 0.327. The maximum absolute atomic E-state index is 14.0. The van der Waals surface area contributed by atoms with Crippen LogP contribution in [0, 0.1) is 5.82 Å². The van der Waals surface area contributed by atoms with E-state index in [2.05, 4.69) is 5.32 Å². The van der Waals surface area contributed by atoms with Gasteiger partial charge >= 0.3 is 6.03 Å². The Morgan fingerprint density at radius 1 is 1.57 bits per heavy atom. The van der Waals surface area contributed by atoms with Crippen LogP contribution in [-0.2, 0) is 0 Å². The molecule has 0 radical (unpaired) electrons. The number of amides is 2. The molecule has 21 heavy (non-hydrogen) atoms. The fraction of sp³-hybridized carbons (Fsp3) is 0.533. The van der Waals surface area contributed by atoms with Crippen molar-refractivity contribution in [1.29, 1.82) is 0 Å². The number of aliphatic hydroxyl groups is 1. The Morgan fingerprint density at radius 2 is 2.29 bits per heavy atom. The van der Waals surface area contributed by atoms with E-state index in [-0.39, 0.29) is 25.2 Å². The standard InChI is InChI=1S/C15H21FN2O3/c1-10(14-12(16)4-3-5-13(14)21-2)17-15(20)18(8-9-19)11-6-7-11/h3-5,10-11,19H,6-9H2,1-2H3,(H,17,20)/t10-/m1/s1. The van der Waals surface area contributed by atoms with E-state index in [1.165, 1.54) is 13.2 Å². The average molecular weight is 296 g/mol. The van der Waals surface area contributed by atoms with Crippen molar-refractivity contribution in [2.75, 3.05) is 20.3 Å². The van der Waals surface area contributed by atoms with Crippen LogP contribution in [0.25, 0.3) is 0 Å². The molecule has 0 heterocycles. The van der Waals surface area contributed by atoms with E-state index in [4.69, 9.17) is 9.84 Å². The monoisotopic (exact) mass is 296 g/mol. The number of aliphatic hydroxyl groups excluding tert-OH is 1. The minimum atomic E-state index is -0.520. The van der Waals surface area contributed by atoms with Crippen LogP contribution in [0.15, 0.2) is 18.2 Å². The van der Waals surface area contributed by atoms with Gasteiger partial charge in [0.15, 0.2) is 0 Å². The molecule has 116 valence electrons. The fourth-order valence-electron chi connectivity index (χ4n) is 2.40. The lowest BCUT2D eigenvalue weighted by Crippen LogP contribution is -2.43. The number of hydrogen-bond acceptors (Lipinski definition) is 3. The Kier molecular flexibility index (Phi) is 5.01. The first-order chi connectivity index (χ1) is 10.1. The van der Waals surface area contributed by atoms with Gasteiger partial charge < -0.3 is 20.1 Å². The Hall–Kier alpha value is -1.82. The van der Waals surface area contributed by atoms with Crippen LogP contribution in [0.4, 0.5) is 9.18 Å². The first-order valence-electron chi connectivity index (χ1n) is 7.08. The van der Waals surface area contributed by atoms with Crippen LogP contribution in [0.5, 0.6) is 5.75 Å². The fourth-order valence-corrected chi connectivity index (χ4v) is 2.40. The number of hydrogen-bond donors (Lipinski definition) is 2. The average Bonchev–Trinajstić information content (AvgIpc) is 3.28. The molecule has 0 bridgehead atoms. The van der Waals surface area contributed by atoms with Gasteiger partial charge in [0.1, 0.15) is 11.6 Å². The van der Waals surface area contributed by atoms with Gasteiger partial charge in [0.2, 0.25) is 0 Å². The van der Waals surface area contributed by atoms with Gasteiger partial charge in [-0.15, -0.1) is 0 Å². The van der Waals surface area contributed by atoms with Crippen LogP contribution in [0.2, 0.25) is 0 Å². The van der Waals surface area contributed by atoms with Gasteiger partial charge in [-0.2, -0.15) is 0 Å². The number of carbonyl (C=O) groups is 1. The molecule has 2 amide bonds. The largest absolute Gasteiger partial charge is 0.496 e. The number of ether oxygens (including phenoxy) is 1. The highest BCUT2D eigenvalue weighted by atomic mass is 19.1. The number of halogens is 1. The topological polar surface area (TPSA) is 61.8 Å². The highest BCUT2D eigenvalue weighted by Crippen LogP contribution is 2.29. The van der Waals surface area contributed by atoms with E-state index in [9.17, 15) is 9.18 Å². The van der Waals surface area contributed by atoms with Crippen molar-refractivity contribution in [3.8, 4) is 5.75 Å². The van der Waals surface area contributed by atoms with Crippen LogP contribution in [-0.4, -0.2) is 42.3 Å². The minimum absolute atomic E-state index is 0.0820. The first kappa shape index (κ1) is 15.6. The summed E-state index contributed by atoms with van der Waals surface area (Å²) in [4.78, 5) is 13.9. The van der Waals surface area contributed by atoms with E-state index in [0.29, 0.717) is 11.3 Å². The van der Waals surface area contributed by atoms with Crippen molar-refractivity contribution in [3.05, 3.63) is 29.6 Å². The van der Waals surface area contributed by atoms with Crippen LogP contribution in [0.1, 0.15) is 31.4 Å². The van der Waals surface area contributed by atoms with E-state index < -0.39 is 11.9 Å². The maximum atomic E-state index is 14.0. The smallest absolute Gasteiger partial charge is 0.318 e. The number of methoxy groups -OCH3 is 1. The van der Waals surface area contributed by atoms with Gasteiger partial charge in [-0.05, 0) is 31.9 Å². The Labute approximate surface area is 123 Å². The van der Waals surface area contributed by atoms with Gasteiger partial charge in [0.25, 0.3) is 0 Å². The predicted molar refractivity (Wildman–Crippen MR) is 76.7 cm³/mol. The van der Waals surface area contributed by atoms with Crippen molar-refractivity contribution in [2.24, 2.45) is 0 Å². The molecule has 0 unspecified atom stereocenters. The van der Waals surface area contributed by atoms with Crippen molar-refractivity contribution >= 4 is 6.03 Å². The van der Waals surface area contributed by atoms with Crippen molar-refractivity contribution < 1.29 is 19.0 Å². The summed E-state index contributed by atoms with van der Waals surface area (Å²) < 4.78 is 19.1. The third-order valence-corrected chi connectivity index (χ3v) is 3.60. The van der Waals surface area contributed by atoms with Gasteiger partial charge in [0, 0.05) is 12.6 Å². The van der Waals surface area contributed by atoms with Gasteiger partial charge in [-0.3, -0.25) is 0 Å². The highest BCUT2D eigenvalue weighted by Gasteiger charge is 2.33. The Morgan fingerprint density at radius 3 is 2.86 bits per heavy atom. The summed E-state index contributed by atoms with van der Waals surface area (Å²) in [7, 11) is 1.47. The molecule has 1 aliphatic carbocycles. The summed E-state index contributed by atoms with van der Waals surface area (Å²) in [5, 5.41) is 11.8. The van der Waals surface area contributed by atoms with Crippen molar-refractivity contribution in [1.82, 2.24) is 10.2 Å². The highest BCUT2D eigenvalue weighted by molar-refractivity contribution is 5.75. The van der Waals surface area contributed by atoms with E-state index in [1.54, 1.807) is 24.0 Å². The number of nitrogens with zero attached hydrogens (tertiary/aromatic N) is 1. The lowest BCUT2D eigenvalue weighted by molar-refractivity contribution is 0.171. The molecule has 1 fully saturated rings. The molecule has 0 aromatic heterocycles. The summed E-state index contributed by atoms with van der Waals surface area (Å²) >= 11 is 0. The van der Waals surface area contributed by atoms with Crippen molar-refractivity contribution in [2.45, 2.75) is 31.8 Å². The number of benzene rings is 1. The number of carbonyl (C=O) groups excluding carboxylic acids is 1. The minimum Gasteiger partial charge on any atom is -0.496 e. The molecular formula is C15H21FN2O3. The molecule has 0 saturated heterocycles. The first-order valence-corrected chi connectivity index (χ1v) is 7.08. The van der Waals surface area contributed by atoms with Gasteiger partial charge in [0.05, 0.1) is 25.3 Å². The summed E-state index contributed by atoms with van der Waals surface area (Å²) in [6.45, 7) is 1.92. The predicted octanol–water partition coefficient (Wildman–Crippen LogP) is 2.06. The van der Waals surface area contributed by atoms with E-state index in [0.717, 1.165) is 12.8 Å². The number of urea groups is 1. The molecule has 1 aliphatic rings. The summed E-state index contributed by atoms with van der Waals surface area (Å²) in [5.74, 6) is -0.00906. The summed E-state index contributed by atoms with van der Waals surface area (Å²) in [6, 6.07) is 3.94. The molecule has 6 heteroatoms. The summed E-state index contributed by atoms with van der Waals surface area (Å²) in [6.07, 6.45) is 1.90. The molecule has 2 N–H and O–H groups in total. The second-order valence-corrected chi connectivity index (χ2v) is 5.18. The second kappa shape index (κ2) is 6.76. The second-order valence-electron chi connectivity index (χ2n) is 5.18. The van der Waals surface area contributed by atoms with Crippen molar-refractivity contribution in [3.63, 3.8) is 0 Å². The SMILES string of the molecule is COc1cccc(F)c1[C@@H](C)NC(=O)N(CCO)C1CC1. The quantitative estimate of drug-likeness (QED) is 0.844. The van der Waals surface area contributed by atoms with Gasteiger partial charge in [-0.1, -0.05) is 6.07 Å². The Balaban J connectivity index is 2.10. The normalized spacial score (nSPS) is 15.4. The molecule has 1 saturated carbocycles. The zero-order valence-electron chi connectivity index (χ0n) is 12.3. The zero-order chi connectivity index (χ0) is 15.4. The maximum Gasteiger partial charge on any atom is 0.318 e. The van der Waals surface area contributed by atoms with Gasteiger partial charge in [-0.25, -0.2) is 9.18 Å². The van der Waals surface area contributed by atoms with E-state index in [1.807, 2.05) is 0 Å². The Bertz CT molecular complexity index is 506. The third kappa shape index (κ3) is 3.64. The zero-order valence-corrected chi connectivity index (χ0v) is 12.3. The van der Waals surface area contributed by atoms with Crippen LogP contribution in [0.3, 0.4) is 0 Å². The molecule has 1 atom stereocenters. The lowest BCUT2D eigenvalue weighted by Gasteiger charge is -2.25. The molecule has 5 nitrogen and oxygen atoms in total.